The molecule has 0 N–H and O–H groups in total. The third-order valence-electron chi connectivity index (χ3n) is 6.45. The van der Waals surface area contributed by atoms with Crippen molar-refractivity contribution in [3.8, 4) is 5.69 Å². The standard InChI is InChI=1S/C26H18N4/c1-28-24-15-14-17(16-25(24)30-23-13-7-4-10-20(23)27-26(28)30)29-21-11-5-2-8-18(21)19-9-3-6-12-22(19)29/h2,4-5,7-16,20,23H,1H3. The van der Waals surface area contributed by atoms with E-state index in [4.69, 9.17) is 4.99 Å². The van der Waals surface area contributed by atoms with Gasteiger partial charge in [0.15, 0.2) is 0 Å². The van der Waals surface area contributed by atoms with E-state index in [-0.39, 0.29) is 12.1 Å². The molecule has 0 radical (unpaired) electrons. The zero-order chi connectivity index (χ0) is 19.8. The Morgan fingerprint density at radius 1 is 0.933 bits per heavy atom. The fourth-order valence-electron chi connectivity index (χ4n) is 5.10. The van der Waals surface area contributed by atoms with Crippen molar-refractivity contribution in [2.75, 3.05) is 16.8 Å². The molecule has 4 heteroatoms. The highest BCUT2D eigenvalue weighted by Crippen LogP contribution is 2.44. The third-order valence-corrected chi connectivity index (χ3v) is 6.45. The van der Waals surface area contributed by atoms with E-state index in [2.05, 4.69) is 99.6 Å². The molecule has 1 aromatic heterocycles. The van der Waals surface area contributed by atoms with E-state index in [0.717, 1.165) is 17.3 Å². The number of hydrogen-bond acceptors (Lipinski definition) is 3. The monoisotopic (exact) mass is 386 g/mol. The molecule has 0 bridgehead atoms. The number of aliphatic imine (C=N–C) groups is 1. The third kappa shape index (κ3) is 1.89. The van der Waals surface area contributed by atoms with Crippen LogP contribution in [0.15, 0.2) is 83.2 Å². The summed E-state index contributed by atoms with van der Waals surface area (Å²) in [5, 5.41) is 1.24. The first-order valence-electron chi connectivity index (χ1n) is 10.2. The summed E-state index contributed by atoms with van der Waals surface area (Å²) >= 11 is 0. The lowest BCUT2D eigenvalue weighted by Crippen LogP contribution is -2.40. The topological polar surface area (TPSA) is 23.8 Å². The molecule has 3 aromatic rings. The Morgan fingerprint density at radius 2 is 1.80 bits per heavy atom. The summed E-state index contributed by atoms with van der Waals surface area (Å²) in [4.78, 5) is 9.55. The van der Waals surface area contributed by atoms with E-state index >= 15 is 0 Å². The van der Waals surface area contributed by atoms with Gasteiger partial charge in [-0.3, -0.25) is 0 Å². The molecule has 2 aromatic carbocycles. The maximum absolute atomic E-state index is 4.97. The van der Waals surface area contributed by atoms with Gasteiger partial charge in [-0.05, 0) is 30.3 Å². The normalized spacial score (nSPS) is 21.8. The number of rotatable bonds is 1. The maximum Gasteiger partial charge on any atom is 0.206 e. The molecule has 2 aliphatic heterocycles. The Balaban J connectivity index is 1.46. The van der Waals surface area contributed by atoms with Gasteiger partial charge in [-0.1, -0.05) is 54.0 Å². The van der Waals surface area contributed by atoms with Gasteiger partial charge in [-0.2, -0.15) is 0 Å². The first-order chi connectivity index (χ1) is 14.8. The van der Waals surface area contributed by atoms with Crippen LogP contribution in [0.4, 0.5) is 11.4 Å². The van der Waals surface area contributed by atoms with Gasteiger partial charge in [-0.15, -0.1) is 0 Å². The van der Waals surface area contributed by atoms with Gasteiger partial charge in [0.05, 0.1) is 34.7 Å². The summed E-state index contributed by atoms with van der Waals surface area (Å²) < 4.78 is 2.33. The van der Waals surface area contributed by atoms with Crippen LogP contribution >= 0.6 is 0 Å². The number of guanidine groups is 1. The highest BCUT2D eigenvalue weighted by atomic mass is 15.5. The van der Waals surface area contributed by atoms with Gasteiger partial charge in [0, 0.05) is 29.8 Å². The fourth-order valence-corrected chi connectivity index (χ4v) is 5.10. The second kappa shape index (κ2) is 5.55. The van der Waals surface area contributed by atoms with Crippen molar-refractivity contribution in [1.82, 2.24) is 4.57 Å². The predicted molar refractivity (Wildman–Crippen MR) is 123 cm³/mol. The Bertz CT molecular complexity index is 1450. The average molecular weight is 386 g/mol. The van der Waals surface area contributed by atoms with Crippen LogP contribution in [-0.2, 0) is 0 Å². The van der Waals surface area contributed by atoms with Gasteiger partial charge in [-0.25, -0.2) is 4.99 Å². The van der Waals surface area contributed by atoms with Crippen molar-refractivity contribution in [3.05, 3.63) is 89.5 Å². The summed E-state index contributed by atoms with van der Waals surface area (Å²) in [7, 11) is 2.10. The Labute approximate surface area is 174 Å². The Kier molecular flexibility index (Phi) is 2.94. The molecule has 4 aliphatic rings. The molecular weight excluding hydrogens is 368 g/mol. The minimum Gasteiger partial charge on any atom is -0.313 e. The van der Waals surface area contributed by atoms with Gasteiger partial charge in [0.1, 0.15) is 0 Å². The first kappa shape index (κ1) is 15.9. The smallest absolute Gasteiger partial charge is 0.206 e. The summed E-state index contributed by atoms with van der Waals surface area (Å²) in [6.07, 6.45) is 12.7. The lowest BCUT2D eigenvalue weighted by Gasteiger charge is -2.24. The van der Waals surface area contributed by atoms with Crippen LogP contribution in [0.2, 0.25) is 0 Å². The lowest BCUT2D eigenvalue weighted by atomic mass is 10.0. The van der Waals surface area contributed by atoms with Crippen LogP contribution in [0, 0.1) is 0 Å². The largest absolute Gasteiger partial charge is 0.313 e. The zero-order valence-electron chi connectivity index (χ0n) is 16.4. The molecule has 2 atom stereocenters. The SMILES string of the molecule is CN1C2=NC3C=CC=CC3N2c2cc(-n3c4c(c5ccccc53)C=C=C=C4)ccc21. The minimum atomic E-state index is 0.183. The van der Waals surface area contributed by atoms with E-state index < -0.39 is 0 Å². The van der Waals surface area contributed by atoms with E-state index in [1.807, 2.05) is 12.2 Å². The molecule has 3 heterocycles. The van der Waals surface area contributed by atoms with Crippen LogP contribution in [0.25, 0.3) is 28.7 Å². The van der Waals surface area contributed by atoms with Crippen LogP contribution in [0.5, 0.6) is 0 Å². The summed E-state index contributed by atoms with van der Waals surface area (Å²) in [5.74, 6) is 1.03. The molecule has 4 nitrogen and oxygen atoms in total. The van der Waals surface area contributed by atoms with Crippen LogP contribution in [-0.4, -0.2) is 29.7 Å². The highest BCUT2D eigenvalue weighted by Gasteiger charge is 2.43. The number of para-hydroxylation sites is 1. The predicted octanol–water partition coefficient (Wildman–Crippen LogP) is 4.91. The van der Waals surface area contributed by atoms with E-state index in [9.17, 15) is 0 Å². The van der Waals surface area contributed by atoms with Gasteiger partial charge in [0.25, 0.3) is 0 Å². The van der Waals surface area contributed by atoms with E-state index in [1.54, 1.807) is 0 Å². The molecule has 0 saturated carbocycles. The molecule has 142 valence electrons. The molecular formula is C26H18N4. The summed E-state index contributed by atoms with van der Waals surface area (Å²) in [5.41, 5.74) is 13.3. The first-order valence-corrected chi connectivity index (χ1v) is 10.2. The molecule has 2 aliphatic carbocycles. The van der Waals surface area contributed by atoms with Crippen molar-refractivity contribution in [2.45, 2.75) is 12.1 Å². The molecule has 0 spiro atoms. The lowest BCUT2D eigenvalue weighted by molar-refractivity contribution is 0.740. The van der Waals surface area contributed by atoms with Crippen LogP contribution in [0.1, 0.15) is 11.3 Å². The quantitative estimate of drug-likeness (QED) is 0.434. The number of allylic oxidation sites excluding steroid dienone is 2. The average Bonchev–Trinajstić information content (AvgIpc) is 3.42. The van der Waals surface area contributed by atoms with E-state index in [1.165, 1.54) is 27.8 Å². The number of benzene rings is 2. The van der Waals surface area contributed by atoms with Crippen LogP contribution in [0.3, 0.4) is 0 Å². The van der Waals surface area contributed by atoms with Crippen molar-refractivity contribution >= 4 is 40.4 Å². The van der Waals surface area contributed by atoms with Crippen molar-refractivity contribution in [2.24, 2.45) is 4.99 Å². The Hall–Kier alpha value is -3.97. The number of fused-ring (bicyclic) bond motifs is 8. The van der Waals surface area contributed by atoms with Crippen molar-refractivity contribution in [1.29, 1.82) is 0 Å². The maximum atomic E-state index is 4.97. The number of nitrogens with zero attached hydrogens (tertiary/aromatic N) is 4. The molecule has 0 saturated heterocycles. The fraction of sp³-hybridized carbons (Fsp3) is 0.115. The second-order valence-electron chi connectivity index (χ2n) is 8.01. The summed E-state index contributed by atoms with van der Waals surface area (Å²) in [6, 6.07) is 15.7. The summed E-state index contributed by atoms with van der Waals surface area (Å²) in [6.45, 7) is 0. The number of aromatic nitrogens is 1. The van der Waals surface area contributed by atoms with Crippen molar-refractivity contribution in [3.63, 3.8) is 0 Å². The number of hydrogen-bond donors (Lipinski definition) is 0. The molecule has 0 fully saturated rings. The molecule has 2 unspecified atom stereocenters. The van der Waals surface area contributed by atoms with Gasteiger partial charge >= 0.3 is 0 Å². The highest BCUT2D eigenvalue weighted by molar-refractivity contribution is 6.18. The van der Waals surface area contributed by atoms with Gasteiger partial charge < -0.3 is 14.4 Å². The second-order valence-corrected chi connectivity index (χ2v) is 8.01. The number of anilines is 2. The van der Waals surface area contributed by atoms with Gasteiger partial charge in [0.2, 0.25) is 5.96 Å². The van der Waals surface area contributed by atoms with Crippen LogP contribution < -0.4 is 9.80 Å². The van der Waals surface area contributed by atoms with Crippen molar-refractivity contribution < 1.29 is 0 Å². The zero-order valence-corrected chi connectivity index (χ0v) is 16.4. The molecule has 0 amide bonds. The molecule has 7 rings (SSSR count). The Morgan fingerprint density at radius 3 is 2.77 bits per heavy atom. The minimum absolute atomic E-state index is 0.183. The van der Waals surface area contributed by atoms with E-state index in [0.29, 0.717) is 0 Å². The molecule has 30 heavy (non-hydrogen) atoms.